The first-order valence-corrected chi connectivity index (χ1v) is 11.3. The average Bonchev–Trinajstić information content (AvgIpc) is 2.87. The van der Waals surface area contributed by atoms with Crippen LogP contribution in [0.1, 0.15) is 35.7 Å². The van der Waals surface area contributed by atoms with Crippen LogP contribution in [-0.4, -0.2) is 68.6 Å². The molecule has 1 aliphatic rings. The van der Waals surface area contributed by atoms with Crippen molar-refractivity contribution in [1.29, 1.82) is 0 Å². The summed E-state index contributed by atoms with van der Waals surface area (Å²) < 4.78 is 16.3. The lowest BCUT2D eigenvalue weighted by atomic mass is 10.1. The molecule has 0 aliphatic carbocycles. The number of piperazine rings is 1. The van der Waals surface area contributed by atoms with Crippen LogP contribution < -0.4 is 14.2 Å². The second kappa shape index (κ2) is 11.9. The highest BCUT2D eigenvalue weighted by Gasteiger charge is 2.24. The van der Waals surface area contributed by atoms with E-state index in [2.05, 4.69) is 6.92 Å². The Hall–Kier alpha value is -3.48. The zero-order chi connectivity index (χ0) is 23.6. The summed E-state index contributed by atoms with van der Waals surface area (Å²) in [5, 5.41) is 0. The molecule has 1 saturated heterocycles. The second-order valence-corrected chi connectivity index (χ2v) is 7.79. The molecule has 7 nitrogen and oxygen atoms in total. The van der Waals surface area contributed by atoms with E-state index in [1.807, 2.05) is 18.2 Å². The van der Waals surface area contributed by atoms with E-state index in [0.29, 0.717) is 55.6 Å². The standard InChI is InChI=1S/C26H32N2O5/c1-4-5-18-33-23-12-6-20(19-24(23)32-3)7-13-25(29)27-14-16-28(17-15-27)26(30)21-8-10-22(31-2)11-9-21/h6-13,19H,4-5,14-18H2,1-3H3/b13-7+. The lowest BCUT2D eigenvalue weighted by molar-refractivity contribution is -0.127. The van der Waals surface area contributed by atoms with Gasteiger partial charge < -0.3 is 24.0 Å². The Morgan fingerprint density at radius 2 is 1.61 bits per heavy atom. The molecule has 0 radical (unpaired) electrons. The zero-order valence-electron chi connectivity index (χ0n) is 19.6. The van der Waals surface area contributed by atoms with Crippen molar-refractivity contribution in [1.82, 2.24) is 9.80 Å². The minimum absolute atomic E-state index is 0.0337. The fourth-order valence-electron chi connectivity index (χ4n) is 3.55. The number of methoxy groups -OCH3 is 2. The van der Waals surface area contributed by atoms with E-state index in [1.54, 1.807) is 60.4 Å². The molecule has 1 aliphatic heterocycles. The van der Waals surface area contributed by atoms with Crippen LogP contribution >= 0.6 is 0 Å². The van der Waals surface area contributed by atoms with Crippen molar-refractivity contribution in [2.75, 3.05) is 47.0 Å². The Bertz CT molecular complexity index is 963. The summed E-state index contributed by atoms with van der Waals surface area (Å²) >= 11 is 0. The molecular weight excluding hydrogens is 420 g/mol. The van der Waals surface area contributed by atoms with E-state index in [4.69, 9.17) is 14.2 Å². The zero-order valence-corrected chi connectivity index (χ0v) is 19.6. The summed E-state index contributed by atoms with van der Waals surface area (Å²) in [6.45, 7) is 4.76. The average molecular weight is 453 g/mol. The number of hydrogen-bond acceptors (Lipinski definition) is 5. The molecule has 0 atom stereocenters. The molecule has 0 spiro atoms. The van der Waals surface area contributed by atoms with Gasteiger partial charge in [-0.25, -0.2) is 0 Å². The lowest BCUT2D eigenvalue weighted by Crippen LogP contribution is -2.50. The van der Waals surface area contributed by atoms with Crippen molar-refractivity contribution in [3.63, 3.8) is 0 Å². The molecule has 176 valence electrons. The van der Waals surface area contributed by atoms with Crippen LogP contribution in [0.2, 0.25) is 0 Å². The number of nitrogens with zero attached hydrogens (tertiary/aromatic N) is 2. The summed E-state index contributed by atoms with van der Waals surface area (Å²) in [6, 6.07) is 12.7. The molecule has 7 heteroatoms. The van der Waals surface area contributed by atoms with Gasteiger partial charge in [-0.1, -0.05) is 19.4 Å². The Morgan fingerprint density at radius 3 is 2.24 bits per heavy atom. The van der Waals surface area contributed by atoms with Crippen LogP contribution in [0.3, 0.4) is 0 Å². The molecule has 2 aromatic rings. The van der Waals surface area contributed by atoms with Gasteiger partial charge in [0, 0.05) is 37.8 Å². The fraction of sp³-hybridized carbons (Fsp3) is 0.385. The Morgan fingerprint density at radius 1 is 0.909 bits per heavy atom. The van der Waals surface area contributed by atoms with Gasteiger partial charge in [-0.3, -0.25) is 9.59 Å². The van der Waals surface area contributed by atoms with Gasteiger partial charge in [0.2, 0.25) is 5.91 Å². The predicted molar refractivity (Wildman–Crippen MR) is 128 cm³/mol. The van der Waals surface area contributed by atoms with Crippen LogP contribution in [0.5, 0.6) is 17.2 Å². The van der Waals surface area contributed by atoms with E-state index in [1.165, 1.54) is 0 Å². The number of amides is 2. The predicted octanol–water partition coefficient (Wildman–Crippen LogP) is 3.88. The summed E-state index contributed by atoms with van der Waals surface area (Å²) in [5.41, 5.74) is 1.47. The largest absolute Gasteiger partial charge is 0.497 e. The van der Waals surface area contributed by atoms with Crippen LogP contribution in [0.15, 0.2) is 48.5 Å². The highest BCUT2D eigenvalue weighted by Crippen LogP contribution is 2.28. The first-order chi connectivity index (χ1) is 16.0. The van der Waals surface area contributed by atoms with Gasteiger partial charge in [0.05, 0.1) is 20.8 Å². The highest BCUT2D eigenvalue weighted by atomic mass is 16.5. The van der Waals surface area contributed by atoms with Crippen molar-refractivity contribution in [3.8, 4) is 17.2 Å². The first kappa shape index (κ1) is 24.2. The highest BCUT2D eigenvalue weighted by molar-refractivity contribution is 5.95. The maximum absolute atomic E-state index is 12.7. The molecule has 0 saturated carbocycles. The van der Waals surface area contributed by atoms with Crippen LogP contribution in [0.25, 0.3) is 6.08 Å². The third kappa shape index (κ3) is 6.51. The number of ether oxygens (including phenoxy) is 3. The number of carbonyl (C=O) groups is 2. The van der Waals surface area contributed by atoms with Gasteiger partial charge in [0.25, 0.3) is 5.91 Å². The summed E-state index contributed by atoms with van der Waals surface area (Å²) in [7, 11) is 3.20. The lowest BCUT2D eigenvalue weighted by Gasteiger charge is -2.34. The maximum atomic E-state index is 12.7. The van der Waals surface area contributed by atoms with Crippen LogP contribution in [0, 0.1) is 0 Å². The smallest absolute Gasteiger partial charge is 0.253 e. The van der Waals surface area contributed by atoms with E-state index >= 15 is 0 Å². The molecular formula is C26H32N2O5. The normalized spacial score (nSPS) is 13.8. The Kier molecular flexibility index (Phi) is 8.75. The fourth-order valence-corrected chi connectivity index (χ4v) is 3.55. The third-order valence-electron chi connectivity index (χ3n) is 5.58. The molecule has 1 heterocycles. The topological polar surface area (TPSA) is 68.3 Å². The summed E-state index contributed by atoms with van der Waals surface area (Å²) in [6.07, 6.45) is 5.39. The number of rotatable bonds is 9. The number of carbonyl (C=O) groups excluding carboxylic acids is 2. The van der Waals surface area contributed by atoms with Crippen LogP contribution in [0.4, 0.5) is 0 Å². The summed E-state index contributed by atoms with van der Waals surface area (Å²) in [5.74, 6) is 1.95. The first-order valence-electron chi connectivity index (χ1n) is 11.3. The van der Waals surface area contributed by atoms with E-state index in [9.17, 15) is 9.59 Å². The van der Waals surface area contributed by atoms with E-state index in [-0.39, 0.29) is 11.8 Å². The molecule has 0 bridgehead atoms. The molecule has 0 unspecified atom stereocenters. The molecule has 33 heavy (non-hydrogen) atoms. The molecule has 0 aromatic heterocycles. The minimum atomic E-state index is -0.0752. The number of unbranched alkanes of at least 4 members (excludes halogenated alkanes) is 1. The van der Waals surface area contributed by atoms with Gasteiger partial charge in [-0.2, -0.15) is 0 Å². The quantitative estimate of drug-likeness (QED) is 0.427. The van der Waals surface area contributed by atoms with Crippen molar-refractivity contribution >= 4 is 17.9 Å². The van der Waals surface area contributed by atoms with Crippen molar-refractivity contribution in [3.05, 3.63) is 59.7 Å². The van der Waals surface area contributed by atoms with Gasteiger partial charge >= 0.3 is 0 Å². The molecule has 2 aromatic carbocycles. The molecule has 3 rings (SSSR count). The van der Waals surface area contributed by atoms with Crippen molar-refractivity contribution < 1.29 is 23.8 Å². The van der Waals surface area contributed by atoms with E-state index < -0.39 is 0 Å². The Labute approximate surface area is 195 Å². The molecule has 2 amide bonds. The Balaban J connectivity index is 1.53. The molecule has 0 N–H and O–H groups in total. The molecule has 1 fully saturated rings. The van der Waals surface area contributed by atoms with Gasteiger partial charge in [0.1, 0.15) is 5.75 Å². The van der Waals surface area contributed by atoms with Crippen LogP contribution in [-0.2, 0) is 4.79 Å². The number of hydrogen-bond donors (Lipinski definition) is 0. The minimum Gasteiger partial charge on any atom is -0.497 e. The van der Waals surface area contributed by atoms with Gasteiger partial charge in [-0.05, 0) is 54.5 Å². The van der Waals surface area contributed by atoms with Gasteiger partial charge in [-0.15, -0.1) is 0 Å². The number of benzene rings is 2. The third-order valence-corrected chi connectivity index (χ3v) is 5.58. The van der Waals surface area contributed by atoms with Crippen molar-refractivity contribution in [2.24, 2.45) is 0 Å². The second-order valence-electron chi connectivity index (χ2n) is 7.79. The monoisotopic (exact) mass is 452 g/mol. The van der Waals surface area contributed by atoms with E-state index in [0.717, 1.165) is 18.4 Å². The van der Waals surface area contributed by atoms with Crippen molar-refractivity contribution in [2.45, 2.75) is 19.8 Å². The SMILES string of the molecule is CCCCOc1ccc(/C=C/C(=O)N2CCN(C(=O)c3ccc(OC)cc3)CC2)cc1OC. The van der Waals surface area contributed by atoms with Gasteiger partial charge in [0.15, 0.2) is 11.5 Å². The maximum Gasteiger partial charge on any atom is 0.253 e. The summed E-state index contributed by atoms with van der Waals surface area (Å²) in [4.78, 5) is 28.9.